The molecule has 25 heavy (non-hydrogen) atoms. The van der Waals surface area contributed by atoms with Crippen molar-refractivity contribution in [2.24, 2.45) is 5.92 Å². The molecule has 4 rings (SSSR count). The van der Waals surface area contributed by atoms with Crippen LogP contribution in [-0.2, 0) is 0 Å². The Bertz CT molecular complexity index is 899. The molecule has 0 radical (unpaired) electrons. The van der Waals surface area contributed by atoms with E-state index in [-0.39, 0.29) is 5.91 Å². The van der Waals surface area contributed by atoms with Gasteiger partial charge in [0.05, 0.1) is 0 Å². The highest BCUT2D eigenvalue weighted by Crippen LogP contribution is 2.17. The molecule has 5 nitrogen and oxygen atoms in total. The number of benzene rings is 1. The van der Waals surface area contributed by atoms with E-state index in [0.29, 0.717) is 7.28 Å². The minimum Gasteiger partial charge on any atom is -0.339 e. The van der Waals surface area contributed by atoms with E-state index >= 15 is 0 Å². The molecule has 6 heteroatoms. The first-order valence-electron chi connectivity index (χ1n) is 8.86. The first-order chi connectivity index (χ1) is 12.2. The predicted molar refractivity (Wildman–Crippen MR) is 100 cm³/mol. The number of piperidine rings is 1. The summed E-state index contributed by atoms with van der Waals surface area (Å²) in [6, 6.07) is 11.8. The fourth-order valence-corrected chi connectivity index (χ4v) is 3.42. The zero-order chi connectivity index (χ0) is 17.2. The van der Waals surface area contributed by atoms with Crippen molar-refractivity contribution >= 4 is 29.9 Å². The Morgan fingerprint density at radius 3 is 2.88 bits per heavy atom. The molecular weight excluding hydrogens is 311 g/mol. The lowest BCUT2D eigenvalue weighted by Crippen LogP contribution is -2.38. The molecule has 1 aliphatic rings. The van der Waals surface area contributed by atoms with Crippen molar-refractivity contribution in [3.63, 3.8) is 0 Å². The third-order valence-electron chi connectivity index (χ3n) is 4.98. The SMILES string of the molecule is CC1CCN(C(=O)c2cccc(Bc3cnc4cccnn34)c2)CC1. The Hall–Kier alpha value is -2.63. The van der Waals surface area contributed by atoms with Crippen LogP contribution in [-0.4, -0.2) is 45.8 Å². The van der Waals surface area contributed by atoms with Crippen LogP contribution >= 0.6 is 0 Å². The summed E-state index contributed by atoms with van der Waals surface area (Å²) < 4.78 is 1.85. The minimum absolute atomic E-state index is 0.144. The van der Waals surface area contributed by atoms with Crippen molar-refractivity contribution in [3.8, 4) is 0 Å². The minimum atomic E-state index is 0.144. The van der Waals surface area contributed by atoms with Crippen molar-refractivity contribution in [2.45, 2.75) is 19.8 Å². The van der Waals surface area contributed by atoms with E-state index in [1.165, 1.54) is 0 Å². The number of rotatable bonds is 3. The van der Waals surface area contributed by atoms with E-state index in [4.69, 9.17) is 0 Å². The van der Waals surface area contributed by atoms with Crippen molar-refractivity contribution in [1.82, 2.24) is 19.5 Å². The lowest BCUT2D eigenvalue weighted by Gasteiger charge is -2.30. The maximum absolute atomic E-state index is 12.8. The van der Waals surface area contributed by atoms with Gasteiger partial charge in [-0.2, -0.15) is 5.10 Å². The van der Waals surface area contributed by atoms with E-state index in [2.05, 4.69) is 23.1 Å². The van der Waals surface area contributed by atoms with Gasteiger partial charge in [0, 0.05) is 36.6 Å². The standard InChI is InChI=1S/C19H21BN4O/c1-14-7-10-23(11-8-14)19(25)15-4-2-5-16(12-15)20-17-13-21-18-6-3-9-22-24(17)18/h2-6,9,12-14,20H,7-8,10-11H2,1H3. The fraction of sp³-hybridized carbons (Fsp3) is 0.316. The van der Waals surface area contributed by atoms with Crippen molar-refractivity contribution in [1.29, 1.82) is 0 Å². The largest absolute Gasteiger partial charge is 0.339 e. The van der Waals surface area contributed by atoms with Gasteiger partial charge in [0.2, 0.25) is 7.28 Å². The van der Waals surface area contributed by atoms with Gasteiger partial charge < -0.3 is 4.90 Å². The number of aromatic nitrogens is 3. The van der Waals surface area contributed by atoms with Gasteiger partial charge in [-0.3, -0.25) is 4.79 Å². The Morgan fingerprint density at radius 2 is 2.04 bits per heavy atom. The molecule has 0 aliphatic carbocycles. The summed E-state index contributed by atoms with van der Waals surface area (Å²) in [6.07, 6.45) is 5.80. The van der Waals surface area contributed by atoms with Crippen LogP contribution in [0.1, 0.15) is 30.1 Å². The van der Waals surface area contributed by atoms with Gasteiger partial charge in [0.1, 0.15) is 0 Å². The third kappa shape index (κ3) is 3.29. The van der Waals surface area contributed by atoms with Crippen molar-refractivity contribution in [2.75, 3.05) is 13.1 Å². The fourth-order valence-electron chi connectivity index (χ4n) is 3.42. The van der Waals surface area contributed by atoms with Crippen molar-refractivity contribution in [3.05, 3.63) is 54.4 Å². The maximum Gasteiger partial charge on any atom is 0.253 e. The molecule has 0 unspecified atom stereocenters. The molecule has 1 fully saturated rings. The molecule has 3 heterocycles. The highest BCUT2D eigenvalue weighted by atomic mass is 16.2. The Kier molecular flexibility index (Phi) is 4.26. The molecule has 0 N–H and O–H groups in total. The van der Waals surface area contributed by atoms with Crippen LogP contribution in [0, 0.1) is 5.92 Å². The number of fused-ring (bicyclic) bond motifs is 1. The van der Waals surface area contributed by atoms with Crippen LogP contribution in [0.5, 0.6) is 0 Å². The second kappa shape index (κ2) is 6.71. The number of imidazole rings is 1. The first-order valence-corrected chi connectivity index (χ1v) is 8.86. The summed E-state index contributed by atoms with van der Waals surface area (Å²) in [5.74, 6) is 0.864. The molecule has 2 aromatic heterocycles. The summed E-state index contributed by atoms with van der Waals surface area (Å²) in [5, 5.41) is 4.35. The quantitative estimate of drug-likeness (QED) is 0.672. The average molecular weight is 332 g/mol. The maximum atomic E-state index is 12.8. The predicted octanol–water partition coefficient (Wildman–Crippen LogP) is 0.989. The Labute approximate surface area is 147 Å². The van der Waals surface area contributed by atoms with Crippen LogP contribution in [0.15, 0.2) is 48.8 Å². The first kappa shape index (κ1) is 15.9. The molecule has 0 spiro atoms. The molecule has 1 saturated heterocycles. The molecule has 3 aromatic rings. The van der Waals surface area contributed by atoms with E-state index in [9.17, 15) is 4.79 Å². The average Bonchev–Trinajstić information content (AvgIpc) is 3.05. The van der Waals surface area contributed by atoms with E-state index in [1.807, 2.05) is 45.9 Å². The summed E-state index contributed by atoms with van der Waals surface area (Å²) in [7, 11) is 0.705. The van der Waals surface area contributed by atoms with Crippen LogP contribution in [0.4, 0.5) is 0 Å². The molecular formula is C19H21BN4O. The third-order valence-corrected chi connectivity index (χ3v) is 4.98. The van der Waals surface area contributed by atoms with Crippen LogP contribution in [0.25, 0.3) is 5.65 Å². The Balaban J connectivity index is 1.54. The number of amides is 1. The van der Waals surface area contributed by atoms with E-state index in [1.54, 1.807) is 6.20 Å². The summed E-state index contributed by atoms with van der Waals surface area (Å²) >= 11 is 0. The monoisotopic (exact) mass is 332 g/mol. The van der Waals surface area contributed by atoms with Crippen LogP contribution < -0.4 is 11.1 Å². The van der Waals surface area contributed by atoms with Gasteiger partial charge in [0.15, 0.2) is 5.65 Å². The highest BCUT2D eigenvalue weighted by Gasteiger charge is 2.21. The number of carbonyl (C=O) groups is 1. The number of nitrogens with zero attached hydrogens (tertiary/aromatic N) is 4. The Morgan fingerprint density at radius 1 is 1.20 bits per heavy atom. The van der Waals surface area contributed by atoms with Gasteiger partial charge in [-0.05, 0) is 37.0 Å². The van der Waals surface area contributed by atoms with E-state index < -0.39 is 0 Å². The molecule has 1 amide bonds. The smallest absolute Gasteiger partial charge is 0.253 e. The van der Waals surface area contributed by atoms with Crippen LogP contribution in [0.3, 0.4) is 0 Å². The lowest BCUT2D eigenvalue weighted by molar-refractivity contribution is 0.0697. The number of hydrogen-bond donors (Lipinski definition) is 0. The summed E-state index contributed by atoms with van der Waals surface area (Å²) in [4.78, 5) is 19.1. The zero-order valence-corrected chi connectivity index (χ0v) is 14.4. The molecule has 126 valence electrons. The molecule has 0 bridgehead atoms. The van der Waals surface area contributed by atoms with Gasteiger partial charge in [-0.15, -0.1) is 0 Å². The lowest BCUT2D eigenvalue weighted by atomic mass is 9.67. The second-order valence-electron chi connectivity index (χ2n) is 6.90. The van der Waals surface area contributed by atoms with Crippen molar-refractivity contribution < 1.29 is 4.79 Å². The summed E-state index contributed by atoms with van der Waals surface area (Å²) in [6.45, 7) is 3.98. The number of carbonyl (C=O) groups excluding carboxylic acids is 1. The second-order valence-corrected chi connectivity index (χ2v) is 6.90. The summed E-state index contributed by atoms with van der Waals surface area (Å²) in [5.41, 5.74) is 3.73. The topological polar surface area (TPSA) is 50.5 Å². The van der Waals surface area contributed by atoms with Gasteiger partial charge in [-0.25, -0.2) is 9.50 Å². The van der Waals surface area contributed by atoms with Gasteiger partial charge in [-0.1, -0.05) is 30.6 Å². The molecule has 0 saturated carbocycles. The number of likely N-dealkylation sites (tertiary alicyclic amines) is 1. The van der Waals surface area contributed by atoms with E-state index in [0.717, 1.165) is 54.1 Å². The zero-order valence-electron chi connectivity index (χ0n) is 14.4. The van der Waals surface area contributed by atoms with Crippen LogP contribution in [0.2, 0.25) is 0 Å². The van der Waals surface area contributed by atoms with Gasteiger partial charge in [0.25, 0.3) is 5.91 Å². The number of hydrogen-bond acceptors (Lipinski definition) is 3. The molecule has 1 aliphatic heterocycles. The highest BCUT2D eigenvalue weighted by molar-refractivity contribution is 6.66. The molecule has 0 atom stereocenters. The molecule has 1 aromatic carbocycles. The normalized spacial score (nSPS) is 15.5. The van der Waals surface area contributed by atoms with Gasteiger partial charge >= 0.3 is 0 Å².